The van der Waals surface area contributed by atoms with E-state index in [2.05, 4.69) is 28.1 Å². The molecule has 130 valence electrons. The number of methoxy groups -OCH3 is 1. The SMILES string of the molecule is COCCN(Cc1ccc(Br)c2ccccc12)C(=O)OC(C)(C)C. The Balaban J connectivity index is 2.29. The van der Waals surface area contributed by atoms with E-state index < -0.39 is 5.60 Å². The van der Waals surface area contributed by atoms with Crippen molar-refractivity contribution in [1.29, 1.82) is 0 Å². The molecule has 4 nitrogen and oxygen atoms in total. The van der Waals surface area contributed by atoms with Crippen LogP contribution < -0.4 is 0 Å². The highest BCUT2D eigenvalue weighted by Gasteiger charge is 2.22. The van der Waals surface area contributed by atoms with Crippen molar-refractivity contribution >= 4 is 32.8 Å². The van der Waals surface area contributed by atoms with Gasteiger partial charge in [0.25, 0.3) is 0 Å². The summed E-state index contributed by atoms with van der Waals surface area (Å²) in [5.74, 6) is 0. The number of halogens is 1. The second-order valence-corrected chi connectivity index (χ2v) is 7.50. The lowest BCUT2D eigenvalue weighted by atomic mass is 10.0. The van der Waals surface area contributed by atoms with E-state index in [9.17, 15) is 4.79 Å². The fourth-order valence-corrected chi connectivity index (χ4v) is 2.91. The van der Waals surface area contributed by atoms with Crippen LogP contribution in [0.4, 0.5) is 4.79 Å². The lowest BCUT2D eigenvalue weighted by molar-refractivity contribution is 0.0185. The third-order valence-electron chi connectivity index (χ3n) is 3.54. The normalized spacial score (nSPS) is 11.5. The number of ether oxygens (including phenoxy) is 2. The van der Waals surface area contributed by atoms with Crippen molar-refractivity contribution in [3.05, 3.63) is 46.4 Å². The molecule has 0 aromatic heterocycles. The molecule has 5 heteroatoms. The number of amides is 1. The van der Waals surface area contributed by atoms with Crippen molar-refractivity contribution in [2.75, 3.05) is 20.3 Å². The van der Waals surface area contributed by atoms with Crippen molar-refractivity contribution in [1.82, 2.24) is 4.90 Å². The fourth-order valence-electron chi connectivity index (χ4n) is 2.43. The molecule has 2 rings (SSSR count). The summed E-state index contributed by atoms with van der Waals surface area (Å²) in [7, 11) is 1.63. The molecule has 0 fully saturated rings. The van der Waals surface area contributed by atoms with Crippen LogP contribution in [0.2, 0.25) is 0 Å². The number of hydrogen-bond acceptors (Lipinski definition) is 3. The number of nitrogens with zero attached hydrogens (tertiary/aromatic N) is 1. The highest BCUT2D eigenvalue weighted by Crippen LogP contribution is 2.28. The monoisotopic (exact) mass is 393 g/mol. The van der Waals surface area contributed by atoms with Crippen LogP contribution in [-0.4, -0.2) is 36.9 Å². The van der Waals surface area contributed by atoms with E-state index in [4.69, 9.17) is 9.47 Å². The Bertz CT molecular complexity index is 709. The first-order valence-corrected chi connectivity index (χ1v) is 8.74. The molecule has 0 radical (unpaired) electrons. The first-order valence-electron chi connectivity index (χ1n) is 7.95. The molecular formula is C19H24BrNO3. The van der Waals surface area contributed by atoms with E-state index in [1.54, 1.807) is 12.0 Å². The molecular weight excluding hydrogens is 370 g/mol. The summed E-state index contributed by atoms with van der Waals surface area (Å²) in [6, 6.07) is 12.2. The Labute approximate surface area is 151 Å². The second-order valence-electron chi connectivity index (χ2n) is 6.65. The zero-order valence-electron chi connectivity index (χ0n) is 14.6. The van der Waals surface area contributed by atoms with E-state index in [0.717, 1.165) is 20.8 Å². The van der Waals surface area contributed by atoms with Crippen LogP contribution >= 0.6 is 15.9 Å². The predicted molar refractivity (Wildman–Crippen MR) is 100 cm³/mol. The molecule has 2 aromatic rings. The maximum absolute atomic E-state index is 12.5. The number of benzene rings is 2. The summed E-state index contributed by atoms with van der Waals surface area (Å²) in [5, 5.41) is 2.25. The minimum absolute atomic E-state index is 0.327. The van der Waals surface area contributed by atoms with Crippen molar-refractivity contribution < 1.29 is 14.3 Å². The van der Waals surface area contributed by atoms with Crippen molar-refractivity contribution in [2.45, 2.75) is 32.9 Å². The van der Waals surface area contributed by atoms with Gasteiger partial charge in [0.1, 0.15) is 5.60 Å². The van der Waals surface area contributed by atoms with Gasteiger partial charge in [-0.2, -0.15) is 0 Å². The van der Waals surface area contributed by atoms with E-state index in [1.807, 2.05) is 45.0 Å². The molecule has 0 aliphatic rings. The fraction of sp³-hybridized carbons (Fsp3) is 0.421. The average molecular weight is 394 g/mol. The van der Waals surface area contributed by atoms with Gasteiger partial charge in [-0.15, -0.1) is 0 Å². The Morgan fingerprint density at radius 3 is 2.42 bits per heavy atom. The predicted octanol–water partition coefficient (Wildman–Crippen LogP) is 4.99. The van der Waals surface area contributed by atoms with Crippen LogP contribution in [0.15, 0.2) is 40.9 Å². The standard InChI is InChI=1S/C19H24BrNO3/c1-19(2,3)24-18(22)21(11-12-23-4)13-14-9-10-17(20)16-8-6-5-7-15(14)16/h5-10H,11-13H2,1-4H3. The number of carbonyl (C=O) groups excluding carboxylic acids is 1. The van der Waals surface area contributed by atoms with Gasteiger partial charge < -0.3 is 14.4 Å². The zero-order valence-corrected chi connectivity index (χ0v) is 16.2. The summed E-state index contributed by atoms with van der Waals surface area (Å²) >= 11 is 3.58. The van der Waals surface area contributed by atoms with Gasteiger partial charge in [-0.1, -0.05) is 46.3 Å². The number of fused-ring (bicyclic) bond motifs is 1. The molecule has 0 saturated heterocycles. The quantitative estimate of drug-likeness (QED) is 0.718. The molecule has 24 heavy (non-hydrogen) atoms. The maximum atomic E-state index is 12.5. The molecule has 0 unspecified atom stereocenters. The zero-order chi connectivity index (χ0) is 17.7. The second kappa shape index (κ2) is 7.99. The average Bonchev–Trinajstić information content (AvgIpc) is 2.52. The Morgan fingerprint density at radius 1 is 1.12 bits per heavy atom. The maximum Gasteiger partial charge on any atom is 0.410 e. The molecule has 0 N–H and O–H groups in total. The molecule has 0 aliphatic carbocycles. The van der Waals surface area contributed by atoms with Crippen LogP contribution in [0.1, 0.15) is 26.3 Å². The molecule has 1 amide bonds. The molecule has 0 atom stereocenters. The molecule has 2 aromatic carbocycles. The highest BCUT2D eigenvalue weighted by molar-refractivity contribution is 9.10. The van der Waals surface area contributed by atoms with E-state index in [-0.39, 0.29) is 6.09 Å². The highest BCUT2D eigenvalue weighted by atomic mass is 79.9. The largest absolute Gasteiger partial charge is 0.444 e. The van der Waals surface area contributed by atoms with Crippen molar-refractivity contribution in [3.63, 3.8) is 0 Å². The van der Waals surface area contributed by atoms with Gasteiger partial charge in [0.05, 0.1) is 6.61 Å². The summed E-state index contributed by atoms with van der Waals surface area (Å²) in [4.78, 5) is 14.2. The van der Waals surface area contributed by atoms with Gasteiger partial charge in [0, 0.05) is 24.7 Å². The Kier molecular flexibility index (Phi) is 6.24. The van der Waals surface area contributed by atoms with Crippen LogP contribution in [0, 0.1) is 0 Å². The topological polar surface area (TPSA) is 38.8 Å². The van der Waals surface area contributed by atoms with Crippen LogP contribution in [0.25, 0.3) is 10.8 Å². The van der Waals surface area contributed by atoms with Gasteiger partial charge >= 0.3 is 6.09 Å². The minimum Gasteiger partial charge on any atom is -0.444 e. The molecule has 0 aliphatic heterocycles. The van der Waals surface area contributed by atoms with Gasteiger partial charge in [0.15, 0.2) is 0 Å². The summed E-state index contributed by atoms with van der Waals surface area (Å²) < 4.78 is 11.7. The molecule has 0 bridgehead atoms. The van der Waals surface area contributed by atoms with E-state index in [0.29, 0.717) is 19.7 Å². The smallest absolute Gasteiger partial charge is 0.410 e. The number of hydrogen-bond donors (Lipinski definition) is 0. The van der Waals surface area contributed by atoms with E-state index in [1.165, 1.54) is 0 Å². The number of carbonyl (C=O) groups is 1. The van der Waals surface area contributed by atoms with Gasteiger partial charge in [-0.3, -0.25) is 0 Å². The summed E-state index contributed by atoms with van der Waals surface area (Å²) in [6.07, 6.45) is -0.327. The number of rotatable bonds is 5. The Hall–Kier alpha value is -1.59. The van der Waals surface area contributed by atoms with Gasteiger partial charge in [0.2, 0.25) is 0 Å². The Morgan fingerprint density at radius 2 is 1.79 bits per heavy atom. The molecule has 0 heterocycles. The first kappa shape index (κ1) is 18.7. The summed E-state index contributed by atoms with van der Waals surface area (Å²) in [5.41, 5.74) is 0.556. The van der Waals surface area contributed by atoms with Crippen LogP contribution in [0.5, 0.6) is 0 Å². The lowest BCUT2D eigenvalue weighted by Gasteiger charge is -2.27. The molecule has 0 spiro atoms. The van der Waals surface area contributed by atoms with Crippen molar-refractivity contribution in [2.24, 2.45) is 0 Å². The van der Waals surface area contributed by atoms with Crippen LogP contribution in [-0.2, 0) is 16.0 Å². The lowest BCUT2D eigenvalue weighted by Crippen LogP contribution is -2.38. The molecule has 0 saturated carbocycles. The summed E-state index contributed by atoms with van der Waals surface area (Å²) in [6.45, 7) is 7.03. The third kappa shape index (κ3) is 4.95. The first-order chi connectivity index (χ1) is 11.3. The van der Waals surface area contributed by atoms with Crippen molar-refractivity contribution in [3.8, 4) is 0 Å². The van der Waals surface area contributed by atoms with E-state index >= 15 is 0 Å². The minimum atomic E-state index is -0.524. The van der Waals surface area contributed by atoms with Crippen LogP contribution in [0.3, 0.4) is 0 Å². The van der Waals surface area contributed by atoms with Gasteiger partial charge in [-0.25, -0.2) is 4.79 Å². The van der Waals surface area contributed by atoms with Gasteiger partial charge in [-0.05, 0) is 43.2 Å². The third-order valence-corrected chi connectivity index (χ3v) is 4.23.